The van der Waals surface area contributed by atoms with E-state index in [1.54, 1.807) is 6.08 Å². The predicted molar refractivity (Wildman–Crippen MR) is 54.1 cm³/mol. The lowest BCUT2D eigenvalue weighted by Gasteiger charge is -2.01. The van der Waals surface area contributed by atoms with Gasteiger partial charge in [-0.2, -0.15) is 0 Å². The second-order valence-corrected chi connectivity index (χ2v) is 3.60. The summed E-state index contributed by atoms with van der Waals surface area (Å²) < 4.78 is 10.5. The Kier molecular flexibility index (Phi) is 2.97. The van der Waals surface area contributed by atoms with Crippen LogP contribution >= 0.6 is 0 Å². The molecule has 4 heteroatoms. The number of allylic oxidation sites excluding steroid dienone is 1. The maximum atomic E-state index is 10.7. The average Bonchev–Trinajstić information content (AvgIpc) is 2.85. The number of aromatic nitrogens is 1. The minimum atomic E-state index is -0.00920. The number of rotatable bonds is 3. The van der Waals surface area contributed by atoms with Crippen LogP contribution in [0.15, 0.2) is 16.7 Å². The molecule has 4 nitrogen and oxygen atoms in total. The van der Waals surface area contributed by atoms with Crippen LogP contribution in [0.25, 0.3) is 6.08 Å². The summed E-state index contributed by atoms with van der Waals surface area (Å²) in [5.74, 6) is 0.584. The zero-order valence-electron chi connectivity index (χ0n) is 8.60. The zero-order chi connectivity index (χ0) is 10.7. The number of carbonyl (C=O) groups excluding carboxylic acids is 1. The summed E-state index contributed by atoms with van der Waals surface area (Å²) in [5, 5.41) is 3.91. The summed E-state index contributed by atoms with van der Waals surface area (Å²) in [5.41, 5.74) is 0.815. The Bertz CT molecular complexity index is 375. The first kappa shape index (κ1) is 10.1. The molecule has 1 unspecified atom stereocenters. The topological polar surface area (TPSA) is 52.3 Å². The quantitative estimate of drug-likeness (QED) is 0.712. The largest absolute Gasteiger partial charge is 0.372 e. The Morgan fingerprint density at radius 3 is 3.20 bits per heavy atom. The zero-order valence-corrected chi connectivity index (χ0v) is 8.60. The van der Waals surface area contributed by atoms with Crippen molar-refractivity contribution in [2.75, 3.05) is 6.61 Å². The summed E-state index contributed by atoms with van der Waals surface area (Å²) in [6.45, 7) is 2.28. The van der Waals surface area contributed by atoms with Crippen LogP contribution < -0.4 is 0 Å². The molecule has 1 atom stereocenters. The van der Waals surface area contributed by atoms with Gasteiger partial charge < -0.3 is 9.26 Å². The normalized spacial score (nSPS) is 21.3. The van der Waals surface area contributed by atoms with E-state index in [1.807, 2.05) is 6.07 Å². The smallest absolute Gasteiger partial charge is 0.160 e. The number of hydrogen-bond acceptors (Lipinski definition) is 4. The molecule has 0 saturated carbocycles. The Balaban J connectivity index is 2.06. The number of hydrogen-bond donors (Lipinski definition) is 0. The van der Waals surface area contributed by atoms with Crippen LogP contribution in [0.4, 0.5) is 0 Å². The Hall–Kier alpha value is -1.42. The van der Waals surface area contributed by atoms with Crippen LogP contribution in [-0.4, -0.2) is 17.5 Å². The number of ether oxygens (including phenoxy) is 1. The summed E-state index contributed by atoms with van der Waals surface area (Å²) in [7, 11) is 0. The minimum Gasteiger partial charge on any atom is -0.372 e. The van der Waals surface area contributed by atoms with Gasteiger partial charge in [-0.15, -0.1) is 0 Å². The fourth-order valence-corrected chi connectivity index (χ4v) is 1.54. The van der Waals surface area contributed by atoms with Gasteiger partial charge in [0.15, 0.2) is 11.5 Å². The molecule has 0 radical (unpaired) electrons. The predicted octanol–water partition coefficient (Wildman–Crippen LogP) is 2.13. The van der Waals surface area contributed by atoms with Crippen molar-refractivity contribution >= 4 is 11.9 Å². The van der Waals surface area contributed by atoms with Gasteiger partial charge in [0.1, 0.15) is 11.8 Å². The van der Waals surface area contributed by atoms with Crippen LogP contribution in [-0.2, 0) is 9.53 Å². The fraction of sp³-hybridized carbons (Fsp3) is 0.455. The summed E-state index contributed by atoms with van der Waals surface area (Å²) in [6.07, 6.45) is 5.19. The third-order valence-corrected chi connectivity index (χ3v) is 2.29. The average molecular weight is 207 g/mol. The molecule has 0 aromatic carbocycles. The Labute approximate surface area is 87.9 Å². The van der Waals surface area contributed by atoms with Gasteiger partial charge in [-0.1, -0.05) is 5.16 Å². The second kappa shape index (κ2) is 4.40. The van der Waals surface area contributed by atoms with Crippen LogP contribution in [0.5, 0.6) is 0 Å². The monoisotopic (exact) mass is 207 g/mol. The third-order valence-electron chi connectivity index (χ3n) is 2.29. The first-order valence-corrected chi connectivity index (χ1v) is 5.02. The highest BCUT2D eigenvalue weighted by Gasteiger charge is 2.20. The highest BCUT2D eigenvalue weighted by atomic mass is 16.5. The van der Waals surface area contributed by atoms with Gasteiger partial charge in [-0.25, -0.2) is 0 Å². The maximum absolute atomic E-state index is 10.7. The van der Waals surface area contributed by atoms with E-state index in [0.717, 1.165) is 25.1 Å². The van der Waals surface area contributed by atoms with Gasteiger partial charge in [0.25, 0.3) is 0 Å². The molecular weight excluding hydrogens is 194 g/mol. The van der Waals surface area contributed by atoms with E-state index < -0.39 is 0 Å². The van der Waals surface area contributed by atoms with E-state index in [9.17, 15) is 4.79 Å². The van der Waals surface area contributed by atoms with Gasteiger partial charge in [0.05, 0.1) is 0 Å². The van der Waals surface area contributed by atoms with Gasteiger partial charge >= 0.3 is 0 Å². The van der Waals surface area contributed by atoms with E-state index >= 15 is 0 Å². The molecule has 1 fully saturated rings. The molecule has 2 rings (SSSR count). The third kappa shape index (κ3) is 2.53. The molecule has 0 spiro atoms. The lowest BCUT2D eigenvalue weighted by Crippen LogP contribution is -1.94. The van der Waals surface area contributed by atoms with Crippen molar-refractivity contribution in [2.24, 2.45) is 0 Å². The maximum Gasteiger partial charge on any atom is 0.160 e. The van der Waals surface area contributed by atoms with Crippen LogP contribution in [0.3, 0.4) is 0 Å². The van der Waals surface area contributed by atoms with Crippen molar-refractivity contribution < 1.29 is 14.1 Å². The van der Waals surface area contributed by atoms with Crippen molar-refractivity contribution in [3.63, 3.8) is 0 Å². The van der Waals surface area contributed by atoms with E-state index in [-0.39, 0.29) is 11.9 Å². The molecule has 1 saturated heterocycles. The highest BCUT2D eigenvalue weighted by molar-refractivity contribution is 5.91. The van der Waals surface area contributed by atoms with Gasteiger partial charge in [-0.05, 0) is 31.9 Å². The standard InChI is InChI=1S/C11H13NO3/c1-8(13)4-5-9-7-10(12-15-9)11-3-2-6-14-11/h4-5,7,11H,2-3,6H2,1H3. The molecule has 80 valence electrons. The molecule has 0 bridgehead atoms. The van der Waals surface area contributed by atoms with Crippen LogP contribution in [0.1, 0.15) is 37.3 Å². The molecule has 1 aromatic rings. The molecular formula is C11H13NO3. The van der Waals surface area contributed by atoms with Crippen molar-refractivity contribution in [2.45, 2.75) is 25.9 Å². The number of ketones is 1. The van der Waals surface area contributed by atoms with Gasteiger partial charge in [0.2, 0.25) is 0 Å². The summed E-state index contributed by atoms with van der Waals surface area (Å²) in [4.78, 5) is 10.7. The van der Waals surface area contributed by atoms with Crippen molar-refractivity contribution in [3.8, 4) is 0 Å². The molecule has 1 aliphatic rings. The Morgan fingerprint density at radius 2 is 2.53 bits per heavy atom. The van der Waals surface area contributed by atoms with Crippen molar-refractivity contribution in [3.05, 3.63) is 23.6 Å². The molecule has 0 N–H and O–H groups in total. The lowest BCUT2D eigenvalue weighted by atomic mass is 10.2. The SMILES string of the molecule is CC(=O)C=Cc1cc(C2CCCO2)no1. The first-order chi connectivity index (χ1) is 7.25. The van der Waals surface area contributed by atoms with E-state index in [2.05, 4.69) is 5.16 Å². The number of carbonyl (C=O) groups is 1. The lowest BCUT2D eigenvalue weighted by molar-refractivity contribution is -0.112. The van der Waals surface area contributed by atoms with Gasteiger partial charge in [-0.3, -0.25) is 4.79 Å². The molecule has 1 aliphatic heterocycles. The summed E-state index contributed by atoms with van der Waals surface area (Å²) in [6, 6.07) is 1.81. The van der Waals surface area contributed by atoms with Gasteiger partial charge in [0, 0.05) is 12.7 Å². The molecule has 1 aromatic heterocycles. The Morgan fingerprint density at radius 1 is 1.67 bits per heavy atom. The van der Waals surface area contributed by atoms with Crippen LogP contribution in [0.2, 0.25) is 0 Å². The van der Waals surface area contributed by atoms with E-state index in [0.29, 0.717) is 5.76 Å². The van der Waals surface area contributed by atoms with Crippen molar-refractivity contribution in [1.29, 1.82) is 0 Å². The molecule has 2 heterocycles. The van der Waals surface area contributed by atoms with Crippen LogP contribution in [0, 0.1) is 0 Å². The minimum absolute atomic E-state index is 0.00920. The fourth-order valence-electron chi connectivity index (χ4n) is 1.54. The molecule has 0 aliphatic carbocycles. The van der Waals surface area contributed by atoms with E-state index in [1.165, 1.54) is 13.0 Å². The second-order valence-electron chi connectivity index (χ2n) is 3.60. The van der Waals surface area contributed by atoms with Crippen molar-refractivity contribution in [1.82, 2.24) is 5.16 Å². The number of nitrogens with zero attached hydrogens (tertiary/aromatic N) is 1. The first-order valence-electron chi connectivity index (χ1n) is 5.02. The highest BCUT2D eigenvalue weighted by Crippen LogP contribution is 2.27. The molecule has 0 amide bonds. The molecule has 15 heavy (non-hydrogen) atoms. The van der Waals surface area contributed by atoms with E-state index in [4.69, 9.17) is 9.26 Å². The summed E-state index contributed by atoms with van der Waals surface area (Å²) >= 11 is 0.